The Kier molecular flexibility index (Phi) is 7.29. The monoisotopic (exact) mass is 584 g/mol. The molecule has 9 N–H and O–H groups in total. The van der Waals surface area contributed by atoms with Crippen LogP contribution in [0, 0.1) is 11.8 Å². The maximum Gasteiger partial charge on any atom is 0.255 e. The fourth-order valence-corrected chi connectivity index (χ4v) is 6.54. The fraction of sp³-hybridized carbons (Fsp3) is 0.500. The summed E-state index contributed by atoms with van der Waals surface area (Å²) in [6.45, 7) is 0.191. The average Bonchev–Trinajstić information content (AvgIpc) is 3.73. The van der Waals surface area contributed by atoms with Crippen LogP contribution in [0.3, 0.4) is 0 Å². The number of ketones is 2. The molecule has 0 aliphatic heterocycles. The summed E-state index contributed by atoms with van der Waals surface area (Å²) in [5.41, 5.74) is 4.58. The zero-order valence-corrected chi connectivity index (χ0v) is 23.8. The number of likely N-dealkylation sites (N-methyl/N-ethyl adjacent to an activating group) is 1. The van der Waals surface area contributed by atoms with E-state index in [-0.39, 0.29) is 42.0 Å². The fourth-order valence-electron chi connectivity index (χ4n) is 6.54. The molecule has 226 valence electrons. The van der Waals surface area contributed by atoms with Crippen LogP contribution in [0.25, 0.3) is 5.76 Å². The van der Waals surface area contributed by atoms with Crippen molar-refractivity contribution in [3.63, 3.8) is 0 Å². The summed E-state index contributed by atoms with van der Waals surface area (Å²) in [4.78, 5) is 47.0. The molecular formula is C28H36N6O8. The number of nitrogens with two attached hydrogens (primary N) is 1. The van der Waals surface area contributed by atoms with Crippen LogP contribution in [-0.4, -0.2) is 106 Å². The van der Waals surface area contributed by atoms with E-state index < -0.39 is 63.8 Å². The number of hydrogen-bond donors (Lipinski definition) is 8. The minimum atomic E-state index is -2.72. The SMILES string of the molecule is CN(C)c1cc(N=C(CNC2CC2)NO)c(O)c2c1CC1CC3[C@H](N(C)C)C(=O)C(C(N)=O)=C(O)[C@@]3(O)C(=O)C1=C2O. The summed E-state index contributed by atoms with van der Waals surface area (Å²) in [5.74, 6) is -7.14. The summed E-state index contributed by atoms with van der Waals surface area (Å²) in [7, 11) is 6.62. The number of amidine groups is 1. The molecule has 42 heavy (non-hydrogen) atoms. The molecule has 4 aliphatic carbocycles. The highest BCUT2D eigenvalue weighted by Gasteiger charge is 2.64. The molecule has 1 amide bonds. The molecule has 1 aromatic carbocycles. The molecule has 2 fully saturated rings. The summed E-state index contributed by atoms with van der Waals surface area (Å²) in [6.07, 6.45) is 2.15. The molecule has 1 aromatic rings. The third-order valence-corrected chi connectivity index (χ3v) is 8.68. The number of phenols is 1. The molecule has 0 spiro atoms. The van der Waals surface area contributed by atoms with E-state index in [9.17, 15) is 40.0 Å². The number of fused-ring (bicyclic) bond motifs is 3. The molecule has 0 aromatic heterocycles. The van der Waals surface area contributed by atoms with Crippen molar-refractivity contribution in [1.82, 2.24) is 15.7 Å². The summed E-state index contributed by atoms with van der Waals surface area (Å²) in [6, 6.07) is 0.760. The molecule has 0 radical (unpaired) electrons. The van der Waals surface area contributed by atoms with Crippen molar-refractivity contribution < 1.29 is 40.0 Å². The number of aliphatic imine (C=N–C) groups is 1. The summed E-state index contributed by atoms with van der Waals surface area (Å²) < 4.78 is 0. The number of nitrogens with one attached hydrogen (secondary N) is 2. The topological polar surface area (TPSA) is 221 Å². The number of rotatable bonds is 7. The van der Waals surface area contributed by atoms with Crippen molar-refractivity contribution in [2.45, 2.75) is 43.4 Å². The Morgan fingerprint density at radius 1 is 1.17 bits per heavy atom. The first-order valence-electron chi connectivity index (χ1n) is 13.7. The van der Waals surface area contributed by atoms with Crippen LogP contribution in [0.15, 0.2) is 28.0 Å². The van der Waals surface area contributed by atoms with Gasteiger partial charge in [0.15, 0.2) is 17.1 Å². The number of carbonyl (C=O) groups is 3. The third-order valence-electron chi connectivity index (χ3n) is 8.68. The highest BCUT2D eigenvalue weighted by atomic mass is 16.5. The number of anilines is 1. The third kappa shape index (κ3) is 4.42. The number of carbonyl (C=O) groups excluding carboxylic acids is 3. The Morgan fingerprint density at radius 2 is 1.83 bits per heavy atom. The van der Waals surface area contributed by atoms with Crippen molar-refractivity contribution in [1.29, 1.82) is 0 Å². The zero-order chi connectivity index (χ0) is 30.8. The number of aliphatic hydroxyl groups is 3. The van der Waals surface area contributed by atoms with Gasteiger partial charge in [-0.15, -0.1) is 0 Å². The number of aromatic hydroxyl groups is 1. The van der Waals surface area contributed by atoms with Crippen LogP contribution < -0.4 is 21.4 Å². The van der Waals surface area contributed by atoms with Crippen LogP contribution >= 0.6 is 0 Å². The first-order valence-corrected chi connectivity index (χ1v) is 13.7. The maximum atomic E-state index is 14.1. The van der Waals surface area contributed by atoms with E-state index in [1.165, 1.54) is 4.90 Å². The molecule has 5 rings (SSSR count). The lowest BCUT2D eigenvalue weighted by Crippen LogP contribution is -2.65. The van der Waals surface area contributed by atoms with E-state index in [4.69, 9.17) is 5.73 Å². The van der Waals surface area contributed by atoms with E-state index in [1.54, 1.807) is 39.2 Å². The van der Waals surface area contributed by atoms with Crippen LogP contribution in [0.5, 0.6) is 5.75 Å². The number of Topliss-reactive ketones (excluding diaryl/α,β-unsaturated/α-hetero) is 2. The van der Waals surface area contributed by atoms with Crippen LogP contribution in [0.2, 0.25) is 0 Å². The van der Waals surface area contributed by atoms with Gasteiger partial charge in [0.1, 0.15) is 28.6 Å². The van der Waals surface area contributed by atoms with E-state index >= 15 is 0 Å². The molecule has 2 unspecified atom stereocenters. The lowest BCUT2D eigenvalue weighted by Gasteiger charge is -2.50. The number of hydrogen-bond acceptors (Lipinski definition) is 12. The van der Waals surface area contributed by atoms with Gasteiger partial charge in [-0.25, -0.2) is 4.99 Å². The molecule has 14 heteroatoms. The van der Waals surface area contributed by atoms with Crippen molar-refractivity contribution >= 4 is 40.4 Å². The number of primary amides is 1. The number of phenolic OH excluding ortho intramolecular Hbond substituents is 1. The van der Waals surface area contributed by atoms with Crippen molar-refractivity contribution in [2.24, 2.45) is 22.6 Å². The predicted octanol–water partition coefficient (Wildman–Crippen LogP) is -0.209. The standard InChI is InChI=1S/C28H36N6O8/c1-33(2)16-9-15(31-17(32-42)10-30-12-5-6-12)22(35)19-13(16)7-11-8-14-21(34(3)4)24(37)20(27(29)40)26(39)28(14,41)25(38)18(11)23(19)36/h9,11-12,14,21,30,35-36,39,41-42H,5-8,10H2,1-4H3,(H2,29,40)(H,31,32)/t11?,14?,21-,28-/m0/s1. The Hall–Kier alpha value is -3.98. The van der Waals surface area contributed by atoms with Gasteiger partial charge in [0.05, 0.1) is 18.2 Å². The molecule has 0 bridgehead atoms. The second-order valence-electron chi connectivity index (χ2n) is 11.8. The summed E-state index contributed by atoms with van der Waals surface area (Å²) in [5, 5.41) is 58.5. The van der Waals surface area contributed by atoms with Crippen molar-refractivity contribution in [2.75, 3.05) is 39.6 Å². The van der Waals surface area contributed by atoms with E-state index in [1.807, 2.05) is 5.48 Å². The first-order chi connectivity index (χ1) is 19.7. The number of hydroxylamine groups is 1. The molecular weight excluding hydrogens is 548 g/mol. The highest BCUT2D eigenvalue weighted by molar-refractivity contribution is 6.24. The quantitative estimate of drug-likeness (QED) is 0.0903. The van der Waals surface area contributed by atoms with Crippen molar-refractivity contribution in [3.05, 3.63) is 34.1 Å². The van der Waals surface area contributed by atoms with Gasteiger partial charge >= 0.3 is 0 Å². The molecule has 0 saturated heterocycles. The normalized spacial score (nSPS) is 27.6. The van der Waals surface area contributed by atoms with Gasteiger partial charge in [0, 0.05) is 37.3 Å². The molecule has 14 nitrogen and oxygen atoms in total. The minimum Gasteiger partial charge on any atom is -0.508 e. The van der Waals surface area contributed by atoms with Gasteiger partial charge in [-0.05, 0) is 57.3 Å². The van der Waals surface area contributed by atoms with Gasteiger partial charge in [-0.2, -0.15) is 0 Å². The smallest absolute Gasteiger partial charge is 0.255 e. The predicted molar refractivity (Wildman–Crippen MR) is 152 cm³/mol. The minimum absolute atomic E-state index is 0.00624. The lowest BCUT2D eigenvalue weighted by atomic mass is 9.57. The number of amides is 1. The van der Waals surface area contributed by atoms with Crippen LogP contribution in [0.4, 0.5) is 11.4 Å². The Morgan fingerprint density at radius 3 is 2.38 bits per heavy atom. The van der Waals surface area contributed by atoms with Crippen LogP contribution in [-0.2, 0) is 20.8 Å². The molecule has 0 heterocycles. The Balaban J connectivity index is 1.69. The largest absolute Gasteiger partial charge is 0.508 e. The zero-order valence-electron chi connectivity index (χ0n) is 23.8. The van der Waals surface area contributed by atoms with Gasteiger partial charge in [0.2, 0.25) is 5.78 Å². The van der Waals surface area contributed by atoms with Gasteiger partial charge < -0.3 is 36.4 Å². The Bertz CT molecular complexity index is 1480. The number of aliphatic hydroxyl groups excluding tert-OH is 2. The van der Waals surface area contributed by atoms with E-state index in [0.717, 1.165) is 12.8 Å². The molecule has 4 aliphatic rings. The second-order valence-corrected chi connectivity index (χ2v) is 11.8. The molecule has 2 saturated carbocycles. The average molecular weight is 585 g/mol. The van der Waals surface area contributed by atoms with Crippen LogP contribution in [0.1, 0.15) is 30.4 Å². The lowest BCUT2D eigenvalue weighted by molar-refractivity contribution is -0.153. The first kappa shape index (κ1) is 29.5. The summed E-state index contributed by atoms with van der Waals surface area (Å²) >= 11 is 0. The number of benzene rings is 1. The van der Waals surface area contributed by atoms with Gasteiger partial charge in [-0.1, -0.05) is 0 Å². The van der Waals surface area contributed by atoms with E-state index in [2.05, 4.69) is 10.3 Å². The van der Waals surface area contributed by atoms with Gasteiger partial charge in [-0.3, -0.25) is 30.0 Å². The molecule has 4 atom stereocenters. The van der Waals surface area contributed by atoms with E-state index in [0.29, 0.717) is 17.3 Å². The Labute approximate surface area is 241 Å². The highest BCUT2D eigenvalue weighted by Crippen LogP contribution is 2.54. The second kappa shape index (κ2) is 10.4. The van der Waals surface area contributed by atoms with Crippen molar-refractivity contribution in [3.8, 4) is 5.75 Å². The van der Waals surface area contributed by atoms with Gasteiger partial charge in [0.25, 0.3) is 5.91 Å². The maximum absolute atomic E-state index is 14.1. The number of nitrogens with zero attached hydrogens (tertiary/aromatic N) is 3.